The third-order valence-electron chi connectivity index (χ3n) is 4.05. The minimum atomic E-state index is -0.174. The van der Waals surface area contributed by atoms with Gasteiger partial charge >= 0.3 is 0 Å². The van der Waals surface area contributed by atoms with Gasteiger partial charge in [-0.1, -0.05) is 25.1 Å². The van der Waals surface area contributed by atoms with Crippen LogP contribution in [0.3, 0.4) is 0 Å². The van der Waals surface area contributed by atoms with E-state index in [1.165, 1.54) is 4.88 Å². The molecule has 1 aromatic carbocycles. The molecule has 1 aliphatic heterocycles. The summed E-state index contributed by atoms with van der Waals surface area (Å²) in [5.41, 5.74) is 1.80. The fourth-order valence-corrected chi connectivity index (χ4v) is 5.02. The quantitative estimate of drug-likeness (QED) is 0.787. The van der Waals surface area contributed by atoms with Crippen molar-refractivity contribution in [1.82, 2.24) is 5.32 Å². The molecule has 0 fully saturated rings. The predicted octanol–water partition coefficient (Wildman–Crippen LogP) is 3.46. The van der Waals surface area contributed by atoms with E-state index < -0.39 is 0 Å². The third-order valence-corrected chi connectivity index (χ3v) is 6.58. The molecule has 5 nitrogen and oxygen atoms in total. The molecule has 0 spiro atoms. The maximum absolute atomic E-state index is 12.4. The van der Waals surface area contributed by atoms with Crippen LogP contribution in [-0.2, 0) is 22.6 Å². The SMILES string of the molecule is CCOc1ccccc1CNC(=O)CN1C(=O)CSc2sc(CC)cc21. The van der Waals surface area contributed by atoms with Gasteiger partial charge in [-0.3, -0.25) is 9.59 Å². The number of rotatable bonds is 7. The number of aryl methyl sites for hydroxylation is 1. The molecule has 2 amide bonds. The first-order chi connectivity index (χ1) is 12.6. The summed E-state index contributed by atoms with van der Waals surface area (Å²) in [6.07, 6.45) is 0.931. The zero-order valence-electron chi connectivity index (χ0n) is 14.9. The topological polar surface area (TPSA) is 58.6 Å². The maximum Gasteiger partial charge on any atom is 0.240 e. The molecule has 26 heavy (non-hydrogen) atoms. The van der Waals surface area contributed by atoms with Gasteiger partial charge in [-0.25, -0.2) is 0 Å². The fraction of sp³-hybridized carbons (Fsp3) is 0.368. The second-order valence-electron chi connectivity index (χ2n) is 5.82. The van der Waals surface area contributed by atoms with Gasteiger partial charge in [-0.05, 0) is 25.5 Å². The van der Waals surface area contributed by atoms with Crippen molar-refractivity contribution >= 4 is 40.6 Å². The number of carbonyl (C=O) groups is 2. The normalized spacial score (nSPS) is 13.5. The number of anilines is 1. The van der Waals surface area contributed by atoms with Crippen molar-refractivity contribution in [3.63, 3.8) is 0 Å². The minimum Gasteiger partial charge on any atom is -0.494 e. The second-order valence-corrected chi connectivity index (χ2v) is 8.21. The number of thioether (sulfide) groups is 1. The molecular formula is C19H22N2O3S2. The van der Waals surface area contributed by atoms with Crippen LogP contribution in [0, 0.1) is 0 Å². The Kier molecular flexibility index (Phi) is 6.21. The third kappa shape index (κ3) is 4.22. The Morgan fingerprint density at radius 3 is 2.88 bits per heavy atom. The van der Waals surface area contributed by atoms with Crippen LogP contribution in [0.15, 0.2) is 34.5 Å². The molecule has 0 aliphatic carbocycles. The second kappa shape index (κ2) is 8.60. The molecule has 0 bridgehead atoms. The molecule has 2 aromatic rings. The summed E-state index contributed by atoms with van der Waals surface area (Å²) in [5, 5.41) is 2.90. The first-order valence-corrected chi connectivity index (χ1v) is 10.5. The van der Waals surface area contributed by atoms with Gasteiger partial charge in [0.15, 0.2) is 0 Å². The molecule has 3 rings (SSSR count). The molecule has 1 aliphatic rings. The standard InChI is InChI=1S/C19H22N2O3S2/c1-3-14-9-15-19(26-14)25-12-18(23)21(15)11-17(22)20-10-13-7-5-6-8-16(13)24-4-2/h5-9H,3-4,10-12H2,1-2H3,(H,20,22). The van der Waals surface area contributed by atoms with Crippen molar-refractivity contribution in [1.29, 1.82) is 0 Å². The summed E-state index contributed by atoms with van der Waals surface area (Å²) in [4.78, 5) is 27.6. The van der Waals surface area contributed by atoms with Crippen LogP contribution in [0.2, 0.25) is 0 Å². The molecule has 0 saturated carbocycles. The Bertz CT molecular complexity index is 804. The lowest BCUT2D eigenvalue weighted by Crippen LogP contribution is -2.42. The average molecular weight is 391 g/mol. The summed E-state index contributed by atoms with van der Waals surface area (Å²) in [7, 11) is 0. The van der Waals surface area contributed by atoms with Gasteiger partial charge in [-0.2, -0.15) is 0 Å². The van der Waals surface area contributed by atoms with E-state index in [4.69, 9.17) is 4.74 Å². The predicted molar refractivity (Wildman–Crippen MR) is 106 cm³/mol. The average Bonchev–Trinajstić information content (AvgIpc) is 3.07. The van der Waals surface area contributed by atoms with Crippen molar-refractivity contribution in [3.8, 4) is 5.75 Å². The van der Waals surface area contributed by atoms with E-state index >= 15 is 0 Å². The van der Waals surface area contributed by atoms with Crippen molar-refractivity contribution in [2.24, 2.45) is 0 Å². The summed E-state index contributed by atoms with van der Waals surface area (Å²) in [6.45, 7) is 5.02. The monoisotopic (exact) mass is 390 g/mol. The Labute approximate surface area is 161 Å². The van der Waals surface area contributed by atoms with Gasteiger partial charge < -0.3 is 15.0 Å². The molecule has 0 saturated heterocycles. The highest BCUT2D eigenvalue weighted by molar-refractivity contribution is 8.02. The molecule has 1 N–H and O–H groups in total. The smallest absolute Gasteiger partial charge is 0.240 e. The minimum absolute atomic E-state index is 0.0205. The van der Waals surface area contributed by atoms with Crippen LogP contribution < -0.4 is 15.0 Å². The van der Waals surface area contributed by atoms with Crippen LogP contribution in [0.4, 0.5) is 5.69 Å². The molecule has 0 atom stereocenters. The number of hydrogen-bond acceptors (Lipinski definition) is 5. The van der Waals surface area contributed by atoms with E-state index in [9.17, 15) is 9.59 Å². The van der Waals surface area contributed by atoms with Crippen molar-refractivity contribution in [2.75, 3.05) is 23.8 Å². The number of ether oxygens (including phenoxy) is 1. The zero-order chi connectivity index (χ0) is 18.5. The van der Waals surface area contributed by atoms with E-state index in [0.29, 0.717) is 18.9 Å². The Hall–Kier alpha value is -1.99. The lowest BCUT2D eigenvalue weighted by molar-refractivity contribution is -0.123. The summed E-state index contributed by atoms with van der Waals surface area (Å²) in [6, 6.07) is 9.67. The lowest BCUT2D eigenvalue weighted by Gasteiger charge is -2.26. The molecule has 1 aromatic heterocycles. The van der Waals surface area contributed by atoms with Gasteiger partial charge in [0.05, 0.1) is 22.3 Å². The number of fused-ring (bicyclic) bond motifs is 1. The Balaban J connectivity index is 1.65. The lowest BCUT2D eigenvalue weighted by atomic mass is 10.2. The fourth-order valence-electron chi connectivity index (χ4n) is 2.73. The first kappa shape index (κ1) is 18.8. The zero-order valence-corrected chi connectivity index (χ0v) is 16.5. The number of hydrogen-bond donors (Lipinski definition) is 1. The molecular weight excluding hydrogens is 368 g/mol. The van der Waals surface area contributed by atoms with Gasteiger partial charge in [0.2, 0.25) is 11.8 Å². The first-order valence-electron chi connectivity index (χ1n) is 8.65. The van der Waals surface area contributed by atoms with Crippen molar-refractivity contribution in [2.45, 2.75) is 31.0 Å². The van der Waals surface area contributed by atoms with Gasteiger partial charge in [0.1, 0.15) is 12.3 Å². The highest BCUT2D eigenvalue weighted by Gasteiger charge is 2.28. The van der Waals surface area contributed by atoms with Crippen LogP contribution in [0.5, 0.6) is 5.75 Å². The number of nitrogens with one attached hydrogen (secondary N) is 1. The Morgan fingerprint density at radius 1 is 1.31 bits per heavy atom. The number of carbonyl (C=O) groups excluding carboxylic acids is 2. The molecule has 2 heterocycles. The van der Waals surface area contributed by atoms with E-state index in [2.05, 4.69) is 12.2 Å². The van der Waals surface area contributed by atoms with Crippen molar-refractivity contribution < 1.29 is 14.3 Å². The summed E-state index contributed by atoms with van der Waals surface area (Å²) >= 11 is 3.27. The number of para-hydroxylation sites is 1. The van der Waals surface area contributed by atoms with E-state index in [-0.39, 0.29) is 18.4 Å². The number of nitrogens with zero attached hydrogens (tertiary/aromatic N) is 1. The number of thiophene rings is 1. The van der Waals surface area contributed by atoms with Crippen LogP contribution in [0.1, 0.15) is 24.3 Å². The molecule has 0 unspecified atom stereocenters. The van der Waals surface area contributed by atoms with E-state index in [0.717, 1.165) is 27.6 Å². The van der Waals surface area contributed by atoms with Crippen LogP contribution in [-0.4, -0.2) is 30.7 Å². The molecule has 0 radical (unpaired) electrons. The summed E-state index contributed by atoms with van der Waals surface area (Å²) in [5.74, 6) is 0.963. The highest BCUT2D eigenvalue weighted by Crippen LogP contribution is 2.42. The van der Waals surface area contributed by atoms with Crippen molar-refractivity contribution in [3.05, 3.63) is 40.8 Å². The van der Waals surface area contributed by atoms with E-state index in [1.54, 1.807) is 28.0 Å². The number of benzene rings is 1. The van der Waals surface area contributed by atoms with E-state index in [1.807, 2.05) is 37.3 Å². The van der Waals surface area contributed by atoms with Crippen LogP contribution in [0.25, 0.3) is 0 Å². The summed E-state index contributed by atoms with van der Waals surface area (Å²) < 4.78 is 6.70. The van der Waals surface area contributed by atoms with Crippen LogP contribution >= 0.6 is 23.1 Å². The van der Waals surface area contributed by atoms with Gasteiger partial charge in [-0.15, -0.1) is 23.1 Å². The maximum atomic E-state index is 12.4. The molecule has 138 valence electrons. The largest absolute Gasteiger partial charge is 0.494 e. The number of amides is 2. The van der Waals surface area contributed by atoms with Gasteiger partial charge in [0.25, 0.3) is 0 Å². The highest BCUT2D eigenvalue weighted by atomic mass is 32.2. The molecule has 7 heteroatoms. The Morgan fingerprint density at radius 2 is 2.12 bits per heavy atom. The van der Waals surface area contributed by atoms with Gasteiger partial charge in [0, 0.05) is 17.0 Å².